The van der Waals surface area contributed by atoms with E-state index in [9.17, 15) is 0 Å². The van der Waals surface area contributed by atoms with E-state index < -0.39 is 0 Å². The van der Waals surface area contributed by atoms with Crippen molar-refractivity contribution < 1.29 is 0 Å². The SMILES string of the molecule is CCC1CCC(NC(c2ccccc2)c2cccs2)CC1. The van der Waals surface area contributed by atoms with Crippen LogP contribution in [0.4, 0.5) is 0 Å². The molecule has 1 N–H and O–H groups in total. The van der Waals surface area contributed by atoms with Crippen molar-refractivity contribution in [3.8, 4) is 0 Å². The van der Waals surface area contributed by atoms with Gasteiger partial charge in [0, 0.05) is 10.9 Å². The maximum atomic E-state index is 3.93. The highest BCUT2D eigenvalue weighted by atomic mass is 32.1. The van der Waals surface area contributed by atoms with Gasteiger partial charge in [0.1, 0.15) is 0 Å². The van der Waals surface area contributed by atoms with Gasteiger partial charge >= 0.3 is 0 Å². The number of rotatable bonds is 5. The summed E-state index contributed by atoms with van der Waals surface area (Å²) in [5.74, 6) is 0.958. The zero-order chi connectivity index (χ0) is 14.5. The lowest BCUT2D eigenvalue weighted by atomic mass is 9.84. The van der Waals surface area contributed by atoms with Crippen molar-refractivity contribution in [3.63, 3.8) is 0 Å². The molecule has 21 heavy (non-hydrogen) atoms. The molecular formula is C19H25NS. The molecule has 1 saturated carbocycles. The lowest BCUT2D eigenvalue weighted by Gasteiger charge is -2.32. The van der Waals surface area contributed by atoms with Crippen LogP contribution < -0.4 is 5.32 Å². The van der Waals surface area contributed by atoms with Crippen LogP contribution in [0.15, 0.2) is 47.8 Å². The van der Waals surface area contributed by atoms with E-state index in [-0.39, 0.29) is 0 Å². The zero-order valence-electron chi connectivity index (χ0n) is 12.8. The van der Waals surface area contributed by atoms with Crippen LogP contribution in [-0.2, 0) is 0 Å². The highest BCUT2D eigenvalue weighted by molar-refractivity contribution is 7.10. The maximum absolute atomic E-state index is 3.93. The average molecular weight is 299 g/mol. The fourth-order valence-electron chi connectivity index (χ4n) is 3.42. The van der Waals surface area contributed by atoms with Gasteiger partial charge in [0.05, 0.1) is 6.04 Å². The van der Waals surface area contributed by atoms with Crippen LogP contribution in [0, 0.1) is 5.92 Å². The fraction of sp³-hybridized carbons (Fsp3) is 0.474. The molecule has 0 radical (unpaired) electrons. The van der Waals surface area contributed by atoms with Crippen molar-refractivity contribution in [2.45, 2.75) is 51.1 Å². The van der Waals surface area contributed by atoms with Crippen LogP contribution in [0.1, 0.15) is 55.5 Å². The van der Waals surface area contributed by atoms with Gasteiger partial charge in [-0.1, -0.05) is 49.7 Å². The van der Waals surface area contributed by atoms with E-state index in [1.54, 1.807) is 0 Å². The third kappa shape index (κ3) is 3.75. The molecule has 1 aromatic carbocycles. The lowest BCUT2D eigenvalue weighted by molar-refractivity contribution is 0.277. The molecule has 2 aromatic rings. The van der Waals surface area contributed by atoms with Gasteiger partial charge in [-0.25, -0.2) is 0 Å². The van der Waals surface area contributed by atoms with E-state index in [1.807, 2.05) is 11.3 Å². The minimum atomic E-state index is 0.356. The summed E-state index contributed by atoms with van der Waals surface area (Å²) in [4.78, 5) is 1.43. The Morgan fingerprint density at radius 3 is 2.43 bits per heavy atom. The van der Waals surface area contributed by atoms with Gasteiger partial charge in [-0.05, 0) is 48.6 Å². The predicted octanol–water partition coefficient (Wildman–Crippen LogP) is 5.40. The van der Waals surface area contributed by atoms with Crippen LogP contribution in [0.5, 0.6) is 0 Å². The van der Waals surface area contributed by atoms with Crippen molar-refractivity contribution >= 4 is 11.3 Å². The van der Waals surface area contributed by atoms with Crippen LogP contribution in [0.2, 0.25) is 0 Å². The number of thiophene rings is 1. The van der Waals surface area contributed by atoms with Crippen molar-refractivity contribution in [3.05, 3.63) is 58.3 Å². The maximum Gasteiger partial charge on any atom is 0.0673 e. The molecule has 1 aliphatic carbocycles. The molecule has 112 valence electrons. The summed E-state index contributed by atoms with van der Waals surface area (Å²) in [7, 11) is 0. The van der Waals surface area contributed by atoms with Crippen molar-refractivity contribution in [2.24, 2.45) is 5.92 Å². The summed E-state index contributed by atoms with van der Waals surface area (Å²) < 4.78 is 0. The van der Waals surface area contributed by atoms with Gasteiger partial charge in [-0.3, -0.25) is 0 Å². The summed E-state index contributed by atoms with van der Waals surface area (Å²) in [5.41, 5.74) is 1.39. The number of nitrogens with one attached hydrogen (secondary N) is 1. The molecule has 1 aromatic heterocycles. The van der Waals surface area contributed by atoms with Crippen LogP contribution >= 0.6 is 11.3 Å². The Morgan fingerprint density at radius 1 is 1.05 bits per heavy atom. The first-order chi connectivity index (χ1) is 10.4. The minimum absolute atomic E-state index is 0.356. The van der Waals surface area contributed by atoms with Gasteiger partial charge in [-0.15, -0.1) is 11.3 Å². The molecule has 2 heteroatoms. The normalized spacial score (nSPS) is 23.9. The topological polar surface area (TPSA) is 12.0 Å². The molecule has 1 unspecified atom stereocenters. The molecule has 1 fully saturated rings. The predicted molar refractivity (Wildman–Crippen MR) is 91.8 cm³/mol. The second-order valence-electron chi connectivity index (χ2n) is 6.15. The number of benzene rings is 1. The Morgan fingerprint density at radius 2 is 1.81 bits per heavy atom. The summed E-state index contributed by atoms with van der Waals surface area (Å²) in [6, 6.07) is 16.3. The Kier molecular flexibility index (Phi) is 5.10. The van der Waals surface area contributed by atoms with Gasteiger partial charge in [0.25, 0.3) is 0 Å². The number of hydrogen-bond donors (Lipinski definition) is 1. The Labute approximate surface area is 132 Å². The third-order valence-corrected chi connectivity index (χ3v) is 5.72. The monoisotopic (exact) mass is 299 g/mol. The molecule has 0 saturated heterocycles. The molecule has 1 heterocycles. The Balaban J connectivity index is 1.72. The van der Waals surface area contributed by atoms with E-state index >= 15 is 0 Å². The number of hydrogen-bond acceptors (Lipinski definition) is 2. The van der Waals surface area contributed by atoms with E-state index in [0.717, 1.165) is 5.92 Å². The second-order valence-corrected chi connectivity index (χ2v) is 7.13. The summed E-state index contributed by atoms with van der Waals surface area (Å²) in [6.07, 6.45) is 6.78. The van der Waals surface area contributed by atoms with E-state index in [4.69, 9.17) is 0 Å². The van der Waals surface area contributed by atoms with E-state index in [2.05, 4.69) is 60.1 Å². The minimum Gasteiger partial charge on any atom is -0.303 e. The fourth-order valence-corrected chi connectivity index (χ4v) is 4.23. The van der Waals surface area contributed by atoms with Gasteiger partial charge in [0.2, 0.25) is 0 Å². The van der Waals surface area contributed by atoms with Gasteiger partial charge in [-0.2, -0.15) is 0 Å². The van der Waals surface area contributed by atoms with Crippen LogP contribution in [0.3, 0.4) is 0 Å². The molecule has 1 nitrogen and oxygen atoms in total. The first-order valence-corrected chi connectivity index (χ1v) is 9.09. The van der Waals surface area contributed by atoms with Crippen LogP contribution in [0.25, 0.3) is 0 Å². The molecule has 1 atom stereocenters. The zero-order valence-corrected chi connectivity index (χ0v) is 13.6. The van der Waals surface area contributed by atoms with E-state index in [1.165, 1.54) is 42.5 Å². The first kappa shape index (κ1) is 14.8. The molecule has 0 amide bonds. The molecule has 0 spiro atoms. The van der Waals surface area contributed by atoms with Crippen molar-refractivity contribution in [1.82, 2.24) is 5.32 Å². The largest absolute Gasteiger partial charge is 0.303 e. The Hall–Kier alpha value is -1.12. The van der Waals surface area contributed by atoms with Gasteiger partial charge in [0.15, 0.2) is 0 Å². The summed E-state index contributed by atoms with van der Waals surface area (Å²) >= 11 is 1.86. The van der Waals surface area contributed by atoms with E-state index in [0.29, 0.717) is 12.1 Å². The standard InChI is InChI=1S/C19H25NS/c1-2-15-10-12-17(13-11-15)20-19(18-9-6-14-21-18)16-7-4-3-5-8-16/h3-9,14-15,17,19-20H,2,10-13H2,1H3. The highest BCUT2D eigenvalue weighted by Gasteiger charge is 2.24. The smallest absolute Gasteiger partial charge is 0.0673 e. The molecule has 1 aliphatic rings. The highest BCUT2D eigenvalue weighted by Crippen LogP contribution is 2.31. The molecule has 3 rings (SSSR count). The van der Waals surface area contributed by atoms with Crippen LogP contribution in [-0.4, -0.2) is 6.04 Å². The second kappa shape index (κ2) is 7.24. The molecular weight excluding hydrogens is 274 g/mol. The van der Waals surface area contributed by atoms with Crippen molar-refractivity contribution in [2.75, 3.05) is 0 Å². The third-order valence-electron chi connectivity index (χ3n) is 4.79. The lowest BCUT2D eigenvalue weighted by Crippen LogP contribution is -2.36. The van der Waals surface area contributed by atoms with Crippen molar-refractivity contribution in [1.29, 1.82) is 0 Å². The molecule has 0 aliphatic heterocycles. The average Bonchev–Trinajstić information content (AvgIpc) is 3.08. The summed E-state index contributed by atoms with van der Waals surface area (Å²) in [5, 5.41) is 6.11. The Bertz CT molecular complexity index is 512. The quantitative estimate of drug-likeness (QED) is 0.780. The summed E-state index contributed by atoms with van der Waals surface area (Å²) in [6.45, 7) is 2.33. The van der Waals surface area contributed by atoms with Gasteiger partial charge < -0.3 is 5.32 Å². The molecule has 0 bridgehead atoms. The first-order valence-electron chi connectivity index (χ1n) is 8.21.